The summed E-state index contributed by atoms with van der Waals surface area (Å²) in [4.78, 5) is 25.8. The summed E-state index contributed by atoms with van der Waals surface area (Å²) in [6.07, 6.45) is 3.97. The van der Waals surface area contributed by atoms with Crippen molar-refractivity contribution in [3.05, 3.63) is 34.2 Å². The highest BCUT2D eigenvalue weighted by atomic mass is 32.1. The number of nitrogens with one attached hydrogen (secondary N) is 2. The monoisotopic (exact) mass is 374 g/mol. The molecule has 1 aliphatic rings. The van der Waals surface area contributed by atoms with Gasteiger partial charge < -0.3 is 20.1 Å². The minimum atomic E-state index is -0.239. The Hall–Kier alpha value is -2.54. The van der Waals surface area contributed by atoms with E-state index in [9.17, 15) is 9.59 Å². The number of amides is 2. The lowest BCUT2D eigenvalue weighted by atomic mass is 9.95. The number of anilines is 2. The fraction of sp³-hybridized carbons (Fsp3) is 0.368. The van der Waals surface area contributed by atoms with Gasteiger partial charge in [0, 0.05) is 17.9 Å². The molecular weight excluding hydrogens is 352 g/mol. The average Bonchev–Trinajstić information content (AvgIpc) is 2.99. The van der Waals surface area contributed by atoms with Crippen LogP contribution in [0.15, 0.2) is 18.2 Å². The molecule has 1 aromatic heterocycles. The van der Waals surface area contributed by atoms with Crippen LogP contribution in [-0.2, 0) is 17.6 Å². The highest BCUT2D eigenvalue weighted by Gasteiger charge is 2.26. The molecule has 6 nitrogen and oxygen atoms in total. The van der Waals surface area contributed by atoms with Gasteiger partial charge in [0.2, 0.25) is 5.91 Å². The maximum Gasteiger partial charge on any atom is 0.259 e. The molecule has 138 valence electrons. The van der Waals surface area contributed by atoms with Crippen molar-refractivity contribution in [3.8, 4) is 11.5 Å². The van der Waals surface area contributed by atoms with Gasteiger partial charge in [-0.2, -0.15) is 0 Å². The Morgan fingerprint density at radius 3 is 2.54 bits per heavy atom. The zero-order valence-electron chi connectivity index (χ0n) is 15.1. The zero-order valence-corrected chi connectivity index (χ0v) is 15.9. The number of benzene rings is 1. The van der Waals surface area contributed by atoms with Gasteiger partial charge in [0.15, 0.2) is 0 Å². The van der Waals surface area contributed by atoms with Crippen LogP contribution in [-0.4, -0.2) is 26.0 Å². The first kappa shape index (κ1) is 18.3. The van der Waals surface area contributed by atoms with Crippen molar-refractivity contribution >= 4 is 33.8 Å². The molecule has 2 N–H and O–H groups in total. The largest absolute Gasteiger partial charge is 0.497 e. The molecule has 0 unspecified atom stereocenters. The summed E-state index contributed by atoms with van der Waals surface area (Å²) >= 11 is 1.50. The summed E-state index contributed by atoms with van der Waals surface area (Å²) in [7, 11) is 3.12. The molecule has 0 bridgehead atoms. The first-order valence-corrected chi connectivity index (χ1v) is 9.30. The maximum atomic E-state index is 13.0. The molecule has 1 aliphatic carbocycles. The van der Waals surface area contributed by atoms with E-state index in [-0.39, 0.29) is 11.8 Å². The normalized spacial score (nSPS) is 12.9. The number of rotatable bonds is 5. The van der Waals surface area contributed by atoms with Gasteiger partial charge in [-0.3, -0.25) is 9.59 Å². The predicted molar refractivity (Wildman–Crippen MR) is 103 cm³/mol. The van der Waals surface area contributed by atoms with E-state index in [0.29, 0.717) is 27.8 Å². The van der Waals surface area contributed by atoms with Crippen LogP contribution < -0.4 is 20.1 Å². The lowest BCUT2D eigenvalue weighted by molar-refractivity contribution is -0.114. The number of carbonyl (C=O) groups is 2. The number of hydrogen-bond donors (Lipinski definition) is 2. The number of carbonyl (C=O) groups excluding carboxylic acids is 2. The van der Waals surface area contributed by atoms with E-state index in [1.165, 1.54) is 23.1 Å². The van der Waals surface area contributed by atoms with Crippen LogP contribution in [0.3, 0.4) is 0 Å². The van der Waals surface area contributed by atoms with Gasteiger partial charge in [0.25, 0.3) is 5.91 Å². The third-order valence-electron chi connectivity index (χ3n) is 4.34. The molecule has 7 heteroatoms. The fourth-order valence-corrected chi connectivity index (χ4v) is 4.47. The van der Waals surface area contributed by atoms with Crippen molar-refractivity contribution in [2.24, 2.45) is 0 Å². The van der Waals surface area contributed by atoms with Crippen molar-refractivity contribution in [1.29, 1.82) is 0 Å². The van der Waals surface area contributed by atoms with E-state index in [1.54, 1.807) is 32.4 Å². The quantitative estimate of drug-likeness (QED) is 0.833. The molecule has 0 aliphatic heterocycles. The van der Waals surface area contributed by atoms with E-state index in [4.69, 9.17) is 9.47 Å². The Balaban J connectivity index is 1.95. The molecule has 2 aromatic rings. The van der Waals surface area contributed by atoms with Crippen molar-refractivity contribution < 1.29 is 19.1 Å². The van der Waals surface area contributed by atoms with Crippen molar-refractivity contribution in [3.63, 3.8) is 0 Å². The number of ether oxygens (including phenoxy) is 2. The van der Waals surface area contributed by atoms with E-state index >= 15 is 0 Å². The SMILES string of the molecule is COc1ccc(NC(=O)c2c(NC(C)=O)sc3c2CCCC3)c(OC)c1. The molecule has 1 aromatic carbocycles. The highest BCUT2D eigenvalue weighted by Crippen LogP contribution is 2.39. The van der Waals surface area contributed by atoms with E-state index < -0.39 is 0 Å². The first-order valence-electron chi connectivity index (χ1n) is 8.49. The number of aryl methyl sites for hydroxylation is 1. The zero-order chi connectivity index (χ0) is 18.7. The van der Waals surface area contributed by atoms with Gasteiger partial charge in [-0.15, -0.1) is 11.3 Å². The average molecular weight is 374 g/mol. The van der Waals surface area contributed by atoms with Gasteiger partial charge in [0.05, 0.1) is 25.5 Å². The number of methoxy groups -OCH3 is 2. The molecule has 26 heavy (non-hydrogen) atoms. The Labute approximate surface area is 156 Å². The molecule has 0 radical (unpaired) electrons. The van der Waals surface area contributed by atoms with Gasteiger partial charge in [0.1, 0.15) is 16.5 Å². The van der Waals surface area contributed by atoms with Crippen molar-refractivity contribution in [1.82, 2.24) is 0 Å². The van der Waals surface area contributed by atoms with Crippen LogP contribution in [0, 0.1) is 0 Å². The molecule has 0 spiro atoms. The van der Waals surface area contributed by atoms with Crippen LogP contribution in [0.2, 0.25) is 0 Å². The number of hydrogen-bond acceptors (Lipinski definition) is 5. The van der Waals surface area contributed by atoms with Gasteiger partial charge in [-0.1, -0.05) is 0 Å². The topological polar surface area (TPSA) is 76.7 Å². The third-order valence-corrected chi connectivity index (χ3v) is 5.55. The fourth-order valence-electron chi connectivity index (χ4n) is 3.14. The van der Waals surface area contributed by atoms with Crippen LogP contribution in [0.1, 0.15) is 40.6 Å². The minimum absolute atomic E-state index is 0.181. The summed E-state index contributed by atoms with van der Waals surface area (Å²) in [6.45, 7) is 1.45. The van der Waals surface area contributed by atoms with Crippen molar-refractivity contribution in [2.45, 2.75) is 32.6 Å². The molecule has 0 atom stereocenters. The molecule has 0 fully saturated rings. The minimum Gasteiger partial charge on any atom is -0.497 e. The lowest BCUT2D eigenvalue weighted by Gasteiger charge is -2.15. The van der Waals surface area contributed by atoms with Gasteiger partial charge in [-0.25, -0.2) is 0 Å². The summed E-state index contributed by atoms with van der Waals surface area (Å²) in [5, 5.41) is 6.35. The number of fused-ring (bicyclic) bond motifs is 1. The van der Waals surface area contributed by atoms with E-state index in [2.05, 4.69) is 10.6 Å². The highest BCUT2D eigenvalue weighted by molar-refractivity contribution is 7.17. The molecule has 2 amide bonds. The third kappa shape index (κ3) is 3.67. The molecule has 1 heterocycles. The van der Waals surface area contributed by atoms with Crippen molar-refractivity contribution in [2.75, 3.05) is 24.9 Å². The van der Waals surface area contributed by atoms with E-state index in [1.807, 2.05) is 0 Å². The summed E-state index contributed by atoms with van der Waals surface area (Å²) in [5.74, 6) is 0.742. The number of thiophene rings is 1. The lowest BCUT2D eigenvalue weighted by Crippen LogP contribution is -2.18. The second-order valence-electron chi connectivity index (χ2n) is 6.12. The Morgan fingerprint density at radius 1 is 1.08 bits per heavy atom. The van der Waals surface area contributed by atoms with Crippen LogP contribution >= 0.6 is 11.3 Å². The standard InChI is InChI=1S/C19H22N2O4S/c1-11(22)20-19-17(13-6-4-5-7-16(13)26-19)18(23)21-14-9-8-12(24-2)10-15(14)25-3/h8-10H,4-7H2,1-3H3,(H,20,22)(H,21,23). The predicted octanol–water partition coefficient (Wildman–Crippen LogP) is 3.85. The van der Waals surface area contributed by atoms with Gasteiger partial charge >= 0.3 is 0 Å². The second kappa shape index (κ2) is 7.78. The second-order valence-corrected chi connectivity index (χ2v) is 7.22. The Kier molecular flexibility index (Phi) is 5.46. The molecular formula is C19H22N2O4S. The van der Waals surface area contributed by atoms with Crippen LogP contribution in [0.4, 0.5) is 10.7 Å². The molecule has 3 rings (SSSR count). The summed E-state index contributed by atoms with van der Waals surface area (Å²) < 4.78 is 10.5. The molecule has 0 saturated carbocycles. The first-order chi connectivity index (χ1) is 12.5. The Morgan fingerprint density at radius 2 is 1.85 bits per heavy atom. The summed E-state index contributed by atoms with van der Waals surface area (Å²) in [6, 6.07) is 5.22. The van der Waals surface area contributed by atoms with Gasteiger partial charge in [-0.05, 0) is 43.4 Å². The molecule has 0 saturated heterocycles. The van der Waals surface area contributed by atoms with Crippen LogP contribution in [0.25, 0.3) is 0 Å². The van der Waals surface area contributed by atoms with E-state index in [0.717, 1.165) is 31.2 Å². The smallest absolute Gasteiger partial charge is 0.259 e. The maximum absolute atomic E-state index is 13.0. The Bertz CT molecular complexity index is 844. The van der Waals surface area contributed by atoms with Crippen LogP contribution in [0.5, 0.6) is 11.5 Å². The summed E-state index contributed by atoms with van der Waals surface area (Å²) in [5.41, 5.74) is 2.18.